The minimum absolute atomic E-state index is 0.206. The highest BCUT2D eigenvalue weighted by molar-refractivity contribution is 9.10. The molecule has 0 bridgehead atoms. The van der Waals surface area contributed by atoms with Crippen LogP contribution in [0.5, 0.6) is 5.75 Å². The highest BCUT2D eigenvalue weighted by Gasteiger charge is 2.03. The first-order valence-electron chi connectivity index (χ1n) is 4.24. The number of aliphatic hydroxyl groups is 1. The molecule has 2 nitrogen and oxygen atoms in total. The Morgan fingerprint density at radius 1 is 1.38 bits per heavy atom. The van der Waals surface area contributed by atoms with Gasteiger partial charge in [0.2, 0.25) is 0 Å². The van der Waals surface area contributed by atoms with Gasteiger partial charge >= 0.3 is 0 Å². The molecule has 0 aromatic heterocycles. The molecule has 0 fully saturated rings. The standard InChI is InChI=1S/C9H12BBrO2/c10-7-4-6(2-1-3-12)5-8(11)9(7)13/h4-5,12-13H,1-3,10H2. The van der Waals surface area contributed by atoms with Gasteiger partial charge in [-0.3, -0.25) is 0 Å². The highest BCUT2D eigenvalue weighted by Crippen LogP contribution is 2.22. The zero-order chi connectivity index (χ0) is 9.84. The van der Waals surface area contributed by atoms with Crippen LogP contribution in [0.2, 0.25) is 0 Å². The molecule has 0 aliphatic carbocycles. The Hall–Kier alpha value is -0.475. The van der Waals surface area contributed by atoms with Crippen LogP contribution in [0.1, 0.15) is 12.0 Å². The topological polar surface area (TPSA) is 40.5 Å². The predicted octanol–water partition coefficient (Wildman–Crippen LogP) is 0.338. The van der Waals surface area contributed by atoms with Gasteiger partial charge in [0.25, 0.3) is 0 Å². The smallest absolute Gasteiger partial charge is 0.144 e. The second kappa shape index (κ2) is 4.68. The highest BCUT2D eigenvalue weighted by atomic mass is 79.9. The fourth-order valence-electron chi connectivity index (χ4n) is 1.24. The van der Waals surface area contributed by atoms with Crippen molar-refractivity contribution in [3.8, 4) is 5.75 Å². The maximum atomic E-state index is 9.46. The maximum Gasteiger partial charge on any atom is 0.144 e. The van der Waals surface area contributed by atoms with Gasteiger partial charge in [0, 0.05) is 6.61 Å². The Morgan fingerprint density at radius 3 is 2.62 bits per heavy atom. The van der Waals surface area contributed by atoms with Gasteiger partial charge < -0.3 is 10.2 Å². The minimum atomic E-state index is 0.206. The van der Waals surface area contributed by atoms with Crippen molar-refractivity contribution in [2.75, 3.05) is 6.61 Å². The van der Waals surface area contributed by atoms with Gasteiger partial charge in [-0.2, -0.15) is 0 Å². The number of benzene rings is 1. The molecule has 0 amide bonds. The van der Waals surface area contributed by atoms with Crippen molar-refractivity contribution in [1.82, 2.24) is 0 Å². The second-order valence-corrected chi connectivity index (χ2v) is 3.92. The fraction of sp³-hybridized carbons (Fsp3) is 0.333. The van der Waals surface area contributed by atoms with Crippen molar-refractivity contribution in [3.63, 3.8) is 0 Å². The molecular formula is C9H12BBrO2. The predicted molar refractivity (Wildman–Crippen MR) is 59.4 cm³/mol. The van der Waals surface area contributed by atoms with Crippen molar-refractivity contribution >= 4 is 29.2 Å². The molecule has 0 saturated carbocycles. The molecule has 0 atom stereocenters. The lowest BCUT2D eigenvalue weighted by atomic mass is 9.92. The maximum absolute atomic E-state index is 9.46. The number of aryl methyl sites for hydroxylation is 1. The molecule has 0 radical (unpaired) electrons. The lowest BCUT2D eigenvalue weighted by Gasteiger charge is -2.06. The van der Waals surface area contributed by atoms with Crippen LogP contribution in [0.4, 0.5) is 0 Å². The number of halogens is 1. The first kappa shape index (κ1) is 10.6. The summed E-state index contributed by atoms with van der Waals surface area (Å²) in [5.41, 5.74) is 2.00. The molecule has 1 aromatic rings. The molecule has 1 rings (SSSR count). The van der Waals surface area contributed by atoms with E-state index in [4.69, 9.17) is 5.11 Å². The van der Waals surface area contributed by atoms with Gasteiger partial charge in [-0.25, -0.2) is 0 Å². The first-order chi connectivity index (χ1) is 6.15. The quantitative estimate of drug-likeness (QED) is 0.751. The SMILES string of the molecule is Bc1cc(CCCO)cc(Br)c1O. The monoisotopic (exact) mass is 242 g/mol. The van der Waals surface area contributed by atoms with E-state index in [0.29, 0.717) is 5.75 Å². The van der Waals surface area contributed by atoms with Crippen molar-refractivity contribution < 1.29 is 10.2 Å². The fourth-order valence-corrected chi connectivity index (χ4v) is 1.84. The van der Waals surface area contributed by atoms with Gasteiger partial charge in [0.15, 0.2) is 0 Å². The Balaban J connectivity index is 2.86. The molecule has 4 heteroatoms. The van der Waals surface area contributed by atoms with Gasteiger partial charge in [-0.05, 0) is 45.9 Å². The van der Waals surface area contributed by atoms with E-state index in [-0.39, 0.29) is 6.61 Å². The number of hydrogen-bond acceptors (Lipinski definition) is 2. The number of rotatable bonds is 3. The summed E-state index contributed by atoms with van der Waals surface area (Å²) in [6, 6.07) is 3.83. The zero-order valence-corrected chi connectivity index (χ0v) is 9.13. The Bertz CT molecular complexity index is 279. The summed E-state index contributed by atoms with van der Waals surface area (Å²) in [4.78, 5) is 0. The molecule has 70 valence electrons. The summed E-state index contributed by atoms with van der Waals surface area (Å²) in [5.74, 6) is 0.299. The first-order valence-corrected chi connectivity index (χ1v) is 5.03. The van der Waals surface area contributed by atoms with Crippen LogP contribution >= 0.6 is 15.9 Å². The number of phenols is 1. The molecule has 0 unspecified atom stereocenters. The van der Waals surface area contributed by atoms with Gasteiger partial charge in [0.1, 0.15) is 13.6 Å². The molecule has 0 aliphatic heterocycles. The number of phenolic OH excluding ortho intramolecular Hbond substituents is 1. The summed E-state index contributed by atoms with van der Waals surface area (Å²) in [7, 11) is 1.86. The molecule has 0 spiro atoms. The Labute approximate surface area is 87.1 Å². The van der Waals surface area contributed by atoms with E-state index < -0.39 is 0 Å². The van der Waals surface area contributed by atoms with Crippen molar-refractivity contribution in [3.05, 3.63) is 22.2 Å². The summed E-state index contributed by atoms with van der Waals surface area (Å²) < 4.78 is 0.723. The third-order valence-electron chi connectivity index (χ3n) is 1.94. The number of hydrogen-bond donors (Lipinski definition) is 2. The normalized spacial score (nSPS) is 10.3. The largest absolute Gasteiger partial charge is 0.507 e. The summed E-state index contributed by atoms with van der Waals surface area (Å²) >= 11 is 3.28. The van der Waals surface area contributed by atoms with Crippen LogP contribution in [0.25, 0.3) is 0 Å². The van der Waals surface area contributed by atoms with Crippen LogP contribution < -0.4 is 5.46 Å². The number of aromatic hydroxyl groups is 1. The molecule has 1 aromatic carbocycles. The lowest BCUT2D eigenvalue weighted by molar-refractivity contribution is 0.288. The van der Waals surface area contributed by atoms with Crippen LogP contribution in [0.15, 0.2) is 16.6 Å². The van der Waals surface area contributed by atoms with E-state index in [1.165, 1.54) is 0 Å². The van der Waals surface area contributed by atoms with Crippen LogP contribution in [0, 0.1) is 0 Å². The molecule has 0 heterocycles. The van der Waals surface area contributed by atoms with E-state index in [1.54, 1.807) is 0 Å². The summed E-state index contributed by atoms with van der Waals surface area (Å²) in [5, 5.41) is 18.1. The summed E-state index contributed by atoms with van der Waals surface area (Å²) in [6.07, 6.45) is 1.60. The van der Waals surface area contributed by atoms with E-state index >= 15 is 0 Å². The Kier molecular flexibility index (Phi) is 3.81. The van der Waals surface area contributed by atoms with Crippen LogP contribution in [-0.4, -0.2) is 24.7 Å². The van der Waals surface area contributed by atoms with E-state index in [0.717, 1.165) is 28.3 Å². The lowest BCUT2D eigenvalue weighted by Crippen LogP contribution is -2.05. The molecule has 0 aliphatic rings. The van der Waals surface area contributed by atoms with E-state index in [9.17, 15) is 5.11 Å². The molecular weight excluding hydrogens is 231 g/mol. The van der Waals surface area contributed by atoms with Crippen molar-refractivity contribution in [1.29, 1.82) is 0 Å². The van der Waals surface area contributed by atoms with Crippen LogP contribution in [0.3, 0.4) is 0 Å². The third-order valence-corrected chi connectivity index (χ3v) is 2.54. The zero-order valence-electron chi connectivity index (χ0n) is 7.55. The molecule has 13 heavy (non-hydrogen) atoms. The van der Waals surface area contributed by atoms with E-state index in [1.807, 2.05) is 20.0 Å². The average molecular weight is 243 g/mol. The third kappa shape index (κ3) is 2.74. The van der Waals surface area contributed by atoms with Crippen molar-refractivity contribution in [2.24, 2.45) is 0 Å². The van der Waals surface area contributed by atoms with Gasteiger partial charge in [0.05, 0.1) is 4.47 Å². The van der Waals surface area contributed by atoms with Gasteiger partial charge in [-0.15, -0.1) is 0 Å². The minimum Gasteiger partial charge on any atom is -0.507 e. The second-order valence-electron chi connectivity index (χ2n) is 3.07. The molecule has 0 saturated heterocycles. The van der Waals surface area contributed by atoms with Crippen molar-refractivity contribution in [2.45, 2.75) is 12.8 Å². The van der Waals surface area contributed by atoms with Crippen LogP contribution in [-0.2, 0) is 6.42 Å². The van der Waals surface area contributed by atoms with E-state index in [2.05, 4.69) is 15.9 Å². The van der Waals surface area contributed by atoms with Gasteiger partial charge in [-0.1, -0.05) is 6.07 Å². The summed E-state index contributed by atoms with van der Waals surface area (Å²) in [6.45, 7) is 0.206. The average Bonchev–Trinajstić information content (AvgIpc) is 2.10. The number of aliphatic hydroxyl groups excluding tert-OH is 1. The Morgan fingerprint density at radius 2 is 2.08 bits per heavy atom. The molecule has 2 N–H and O–H groups in total.